The Balaban J connectivity index is 2.30. The molecule has 0 bridgehead atoms. The summed E-state index contributed by atoms with van der Waals surface area (Å²) in [6.07, 6.45) is 2.87. The van der Waals surface area contributed by atoms with Crippen molar-refractivity contribution < 1.29 is 0 Å². The molecule has 0 aliphatic carbocycles. The third-order valence-electron chi connectivity index (χ3n) is 2.24. The van der Waals surface area contributed by atoms with Crippen LogP contribution in [0.3, 0.4) is 0 Å². The van der Waals surface area contributed by atoms with Crippen LogP contribution < -0.4 is 5.32 Å². The first-order chi connectivity index (χ1) is 8.22. The fourth-order valence-corrected chi connectivity index (χ4v) is 3.06. The number of aromatic nitrogens is 1. The van der Waals surface area contributed by atoms with Crippen molar-refractivity contribution in [2.45, 2.75) is 13.3 Å². The van der Waals surface area contributed by atoms with Crippen LogP contribution in [-0.2, 0) is 0 Å². The summed E-state index contributed by atoms with van der Waals surface area (Å²) in [5, 5.41) is 5.46. The van der Waals surface area contributed by atoms with Crippen LogP contribution in [0.5, 0.6) is 0 Å². The summed E-state index contributed by atoms with van der Waals surface area (Å²) in [5.41, 5.74) is 0.859. The van der Waals surface area contributed by atoms with Crippen LogP contribution in [0.4, 0.5) is 5.13 Å². The van der Waals surface area contributed by atoms with Gasteiger partial charge in [0.05, 0.1) is 14.9 Å². The molecule has 0 fully saturated rings. The maximum atomic E-state index is 6.15. The van der Waals surface area contributed by atoms with Gasteiger partial charge in [0, 0.05) is 18.3 Å². The topological polar surface area (TPSA) is 24.9 Å². The molecular weight excluding hydrogens is 275 g/mol. The van der Waals surface area contributed by atoms with Crippen molar-refractivity contribution in [3.05, 3.63) is 34.4 Å². The zero-order valence-electron chi connectivity index (χ0n) is 9.34. The molecule has 90 valence electrons. The van der Waals surface area contributed by atoms with Crippen molar-refractivity contribution in [3.63, 3.8) is 0 Å². The predicted molar refractivity (Wildman–Crippen MR) is 76.4 cm³/mol. The Kier molecular flexibility index (Phi) is 4.26. The molecule has 0 unspecified atom stereocenters. The number of thiazole rings is 1. The molecule has 17 heavy (non-hydrogen) atoms. The highest BCUT2D eigenvalue weighted by atomic mass is 35.5. The van der Waals surface area contributed by atoms with Crippen LogP contribution in [0, 0.1) is 0 Å². The second-order valence-corrected chi connectivity index (χ2v) is 5.40. The number of anilines is 1. The summed E-state index contributed by atoms with van der Waals surface area (Å²) in [5.74, 6) is 0. The summed E-state index contributed by atoms with van der Waals surface area (Å²) in [6, 6.07) is 5.51. The van der Waals surface area contributed by atoms with E-state index in [9.17, 15) is 0 Å². The van der Waals surface area contributed by atoms with E-state index in [4.69, 9.17) is 23.2 Å². The van der Waals surface area contributed by atoms with E-state index in [-0.39, 0.29) is 0 Å². The van der Waals surface area contributed by atoms with Crippen LogP contribution in [0.25, 0.3) is 10.4 Å². The standard InChI is InChI=1S/C12H12Cl2N2S/c1-2-6-15-12-16-7-10(17-12)11-8(13)4-3-5-9(11)14/h3-5,7H,2,6H2,1H3,(H,15,16). The molecule has 1 aromatic heterocycles. The second-order valence-electron chi connectivity index (χ2n) is 3.55. The van der Waals surface area contributed by atoms with E-state index in [2.05, 4.69) is 17.2 Å². The highest BCUT2D eigenvalue weighted by molar-refractivity contribution is 7.19. The van der Waals surface area contributed by atoms with Gasteiger partial charge >= 0.3 is 0 Å². The van der Waals surface area contributed by atoms with Crippen molar-refractivity contribution in [3.8, 4) is 10.4 Å². The van der Waals surface area contributed by atoms with E-state index in [0.29, 0.717) is 10.0 Å². The molecule has 5 heteroatoms. The molecule has 1 N–H and O–H groups in total. The molecular formula is C12H12Cl2N2S. The lowest BCUT2D eigenvalue weighted by atomic mass is 10.2. The predicted octanol–water partition coefficient (Wildman–Crippen LogP) is 4.94. The smallest absolute Gasteiger partial charge is 0.183 e. The lowest BCUT2D eigenvalue weighted by Crippen LogP contribution is -1.97. The monoisotopic (exact) mass is 286 g/mol. The first-order valence-electron chi connectivity index (χ1n) is 5.36. The highest BCUT2D eigenvalue weighted by Gasteiger charge is 2.11. The van der Waals surface area contributed by atoms with Gasteiger partial charge in [-0.1, -0.05) is 47.5 Å². The van der Waals surface area contributed by atoms with Crippen molar-refractivity contribution in [1.82, 2.24) is 4.98 Å². The van der Waals surface area contributed by atoms with E-state index in [1.165, 1.54) is 0 Å². The van der Waals surface area contributed by atoms with Gasteiger partial charge in [-0.05, 0) is 18.6 Å². The van der Waals surface area contributed by atoms with E-state index in [1.807, 2.05) is 18.2 Å². The Morgan fingerprint density at radius 1 is 1.29 bits per heavy atom. The number of halogens is 2. The summed E-state index contributed by atoms with van der Waals surface area (Å²) in [4.78, 5) is 5.29. The molecule has 0 spiro atoms. The van der Waals surface area contributed by atoms with Crippen LogP contribution in [0.2, 0.25) is 10.0 Å². The number of hydrogen-bond acceptors (Lipinski definition) is 3. The Bertz CT molecular complexity index is 491. The Morgan fingerprint density at radius 2 is 2.00 bits per heavy atom. The molecule has 0 saturated heterocycles. The molecule has 0 aliphatic heterocycles. The Labute approximate surface area is 115 Å². The van der Waals surface area contributed by atoms with Crippen molar-refractivity contribution in [2.24, 2.45) is 0 Å². The number of hydrogen-bond donors (Lipinski definition) is 1. The first kappa shape index (κ1) is 12.7. The third-order valence-corrected chi connectivity index (χ3v) is 3.84. The number of rotatable bonds is 4. The average Bonchev–Trinajstić information content (AvgIpc) is 2.75. The minimum absolute atomic E-state index is 0.656. The molecule has 0 aliphatic rings. The maximum absolute atomic E-state index is 6.15. The quantitative estimate of drug-likeness (QED) is 0.861. The van der Waals surface area contributed by atoms with Gasteiger partial charge < -0.3 is 5.32 Å². The minimum atomic E-state index is 0.656. The molecule has 0 amide bonds. The Morgan fingerprint density at radius 3 is 2.65 bits per heavy atom. The zero-order chi connectivity index (χ0) is 12.3. The highest BCUT2D eigenvalue weighted by Crippen LogP contribution is 2.38. The molecule has 1 aromatic carbocycles. The summed E-state index contributed by atoms with van der Waals surface area (Å²) < 4.78 is 0. The number of nitrogens with one attached hydrogen (secondary N) is 1. The van der Waals surface area contributed by atoms with Crippen LogP contribution >= 0.6 is 34.5 Å². The van der Waals surface area contributed by atoms with Crippen molar-refractivity contribution in [2.75, 3.05) is 11.9 Å². The van der Waals surface area contributed by atoms with Gasteiger partial charge in [-0.15, -0.1) is 0 Å². The van der Waals surface area contributed by atoms with Crippen LogP contribution in [0.15, 0.2) is 24.4 Å². The average molecular weight is 287 g/mol. The largest absolute Gasteiger partial charge is 0.362 e. The molecule has 2 rings (SSSR count). The van der Waals surface area contributed by atoms with E-state index < -0.39 is 0 Å². The maximum Gasteiger partial charge on any atom is 0.183 e. The van der Waals surface area contributed by atoms with Gasteiger partial charge in [0.2, 0.25) is 0 Å². The molecule has 2 nitrogen and oxygen atoms in total. The second kappa shape index (κ2) is 5.71. The normalized spacial score (nSPS) is 10.5. The molecule has 0 atom stereocenters. The molecule has 0 radical (unpaired) electrons. The van der Waals surface area contributed by atoms with Gasteiger partial charge in [-0.25, -0.2) is 4.98 Å². The fourth-order valence-electron chi connectivity index (χ4n) is 1.44. The lowest BCUT2D eigenvalue weighted by Gasteiger charge is -2.03. The molecule has 1 heterocycles. The van der Waals surface area contributed by atoms with E-state index in [1.54, 1.807) is 17.5 Å². The van der Waals surface area contributed by atoms with Crippen LogP contribution in [-0.4, -0.2) is 11.5 Å². The van der Waals surface area contributed by atoms with Crippen molar-refractivity contribution >= 4 is 39.7 Å². The lowest BCUT2D eigenvalue weighted by molar-refractivity contribution is 0.976. The number of benzene rings is 1. The summed E-state index contributed by atoms with van der Waals surface area (Å²) in [6.45, 7) is 3.04. The van der Waals surface area contributed by atoms with Gasteiger partial charge in [-0.2, -0.15) is 0 Å². The van der Waals surface area contributed by atoms with Gasteiger partial charge in [-0.3, -0.25) is 0 Å². The van der Waals surface area contributed by atoms with Crippen LogP contribution in [0.1, 0.15) is 13.3 Å². The third kappa shape index (κ3) is 2.92. The fraction of sp³-hybridized carbons (Fsp3) is 0.250. The van der Waals surface area contributed by atoms with E-state index >= 15 is 0 Å². The van der Waals surface area contributed by atoms with Crippen molar-refractivity contribution in [1.29, 1.82) is 0 Å². The van der Waals surface area contributed by atoms with Gasteiger partial charge in [0.15, 0.2) is 5.13 Å². The van der Waals surface area contributed by atoms with Gasteiger partial charge in [0.25, 0.3) is 0 Å². The zero-order valence-corrected chi connectivity index (χ0v) is 11.7. The van der Waals surface area contributed by atoms with Gasteiger partial charge in [0.1, 0.15) is 0 Å². The molecule has 2 aromatic rings. The summed E-state index contributed by atoms with van der Waals surface area (Å²) >= 11 is 13.9. The Hall–Kier alpha value is -0.770. The number of nitrogens with zero attached hydrogens (tertiary/aromatic N) is 1. The van der Waals surface area contributed by atoms with E-state index in [0.717, 1.165) is 28.5 Å². The summed E-state index contributed by atoms with van der Waals surface area (Å²) in [7, 11) is 0. The minimum Gasteiger partial charge on any atom is -0.362 e. The SMILES string of the molecule is CCCNc1ncc(-c2c(Cl)cccc2Cl)s1. The first-order valence-corrected chi connectivity index (χ1v) is 6.93. The molecule has 0 saturated carbocycles.